The summed E-state index contributed by atoms with van der Waals surface area (Å²) in [6, 6.07) is 9.23. The highest BCUT2D eigenvalue weighted by Gasteiger charge is 2.25. The number of rotatable bonds is 8. The second-order valence-corrected chi connectivity index (χ2v) is 7.20. The van der Waals surface area contributed by atoms with Crippen molar-refractivity contribution in [2.45, 2.75) is 70.3 Å². The van der Waals surface area contributed by atoms with Crippen LogP contribution in [0.2, 0.25) is 0 Å². The number of carbonyl (C=O) groups is 3. The molecule has 0 heterocycles. The largest absolute Gasteiger partial charge is 0.469 e. The summed E-state index contributed by atoms with van der Waals surface area (Å²) in [7, 11) is 1.36. The molecular formula is C22H31NO4. The van der Waals surface area contributed by atoms with Crippen LogP contribution in [0.4, 0.5) is 0 Å². The molecule has 5 nitrogen and oxygen atoms in total. The zero-order valence-corrected chi connectivity index (χ0v) is 16.3. The van der Waals surface area contributed by atoms with Gasteiger partial charge >= 0.3 is 5.97 Å². The summed E-state index contributed by atoms with van der Waals surface area (Å²) in [5, 5.41) is 0. The average molecular weight is 373 g/mol. The van der Waals surface area contributed by atoms with Crippen LogP contribution in [0.1, 0.15) is 74.6 Å². The molecule has 0 atom stereocenters. The van der Waals surface area contributed by atoms with Gasteiger partial charge in [0.05, 0.1) is 13.5 Å². The Balaban J connectivity index is 1.98. The van der Waals surface area contributed by atoms with E-state index in [2.05, 4.69) is 0 Å². The van der Waals surface area contributed by atoms with Crippen molar-refractivity contribution in [1.82, 2.24) is 4.90 Å². The SMILES string of the molecule is COC(=O)CCN(C(=O)CCC(=O)c1ccccc1)C1CCCCCCC1. The number of carbonyl (C=O) groups excluding carboxylic acids is 3. The average Bonchev–Trinajstić information content (AvgIpc) is 2.67. The van der Waals surface area contributed by atoms with E-state index in [9.17, 15) is 14.4 Å². The number of methoxy groups -OCH3 is 1. The number of hydrogen-bond acceptors (Lipinski definition) is 4. The lowest BCUT2D eigenvalue weighted by atomic mass is 9.95. The van der Waals surface area contributed by atoms with Gasteiger partial charge in [0.15, 0.2) is 5.78 Å². The number of esters is 1. The third-order valence-electron chi connectivity index (χ3n) is 5.28. The van der Waals surface area contributed by atoms with E-state index in [1.807, 2.05) is 23.1 Å². The van der Waals surface area contributed by atoms with E-state index in [1.165, 1.54) is 26.4 Å². The molecule has 1 saturated carbocycles. The number of ether oxygens (including phenoxy) is 1. The molecule has 1 aliphatic rings. The normalized spacial score (nSPS) is 15.4. The Hall–Kier alpha value is -2.17. The van der Waals surface area contributed by atoms with E-state index in [-0.39, 0.29) is 43.0 Å². The van der Waals surface area contributed by atoms with Gasteiger partial charge in [0, 0.05) is 31.0 Å². The monoisotopic (exact) mass is 373 g/mol. The fraction of sp³-hybridized carbons (Fsp3) is 0.591. The zero-order valence-electron chi connectivity index (χ0n) is 16.3. The van der Waals surface area contributed by atoms with Crippen LogP contribution in [0, 0.1) is 0 Å². The molecule has 0 bridgehead atoms. The summed E-state index contributed by atoms with van der Waals surface area (Å²) < 4.78 is 4.74. The zero-order chi connectivity index (χ0) is 19.5. The third kappa shape index (κ3) is 7.16. The molecule has 27 heavy (non-hydrogen) atoms. The molecule has 0 radical (unpaired) electrons. The van der Waals surface area contributed by atoms with Crippen LogP contribution in [-0.2, 0) is 14.3 Å². The topological polar surface area (TPSA) is 63.7 Å². The van der Waals surface area contributed by atoms with Crippen molar-refractivity contribution in [2.75, 3.05) is 13.7 Å². The van der Waals surface area contributed by atoms with E-state index >= 15 is 0 Å². The number of Topliss-reactive ketones (excluding diaryl/α,β-unsaturated/α-hetero) is 1. The molecular weight excluding hydrogens is 342 g/mol. The predicted octanol–water partition coefficient (Wildman–Crippen LogP) is 4.15. The van der Waals surface area contributed by atoms with Crippen molar-refractivity contribution in [3.8, 4) is 0 Å². The van der Waals surface area contributed by atoms with Crippen molar-refractivity contribution in [1.29, 1.82) is 0 Å². The first kappa shape index (κ1) is 21.1. The van der Waals surface area contributed by atoms with Crippen molar-refractivity contribution in [3.05, 3.63) is 35.9 Å². The summed E-state index contributed by atoms with van der Waals surface area (Å²) in [4.78, 5) is 38.6. The molecule has 0 aliphatic heterocycles. The molecule has 148 valence electrons. The van der Waals surface area contributed by atoms with E-state index in [0.717, 1.165) is 25.7 Å². The van der Waals surface area contributed by atoms with Crippen LogP contribution in [0.5, 0.6) is 0 Å². The van der Waals surface area contributed by atoms with Crippen LogP contribution in [0.15, 0.2) is 30.3 Å². The van der Waals surface area contributed by atoms with Crippen LogP contribution < -0.4 is 0 Å². The van der Waals surface area contributed by atoms with Crippen molar-refractivity contribution >= 4 is 17.7 Å². The number of ketones is 1. The highest BCUT2D eigenvalue weighted by molar-refractivity contribution is 5.97. The maximum Gasteiger partial charge on any atom is 0.307 e. The third-order valence-corrected chi connectivity index (χ3v) is 5.28. The van der Waals surface area contributed by atoms with Crippen LogP contribution in [0.25, 0.3) is 0 Å². The Kier molecular flexibility index (Phi) is 9.02. The molecule has 0 saturated heterocycles. The maximum absolute atomic E-state index is 12.9. The first-order chi connectivity index (χ1) is 13.1. The maximum atomic E-state index is 12.9. The summed E-state index contributed by atoms with van der Waals surface area (Å²) in [5.74, 6) is -0.359. The minimum atomic E-state index is -0.306. The highest BCUT2D eigenvalue weighted by atomic mass is 16.5. The minimum Gasteiger partial charge on any atom is -0.469 e. The van der Waals surface area contributed by atoms with Crippen molar-refractivity contribution in [3.63, 3.8) is 0 Å². The van der Waals surface area contributed by atoms with Crippen LogP contribution >= 0.6 is 0 Å². The molecule has 5 heteroatoms. The van der Waals surface area contributed by atoms with E-state index in [0.29, 0.717) is 12.1 Å². The quantitative estimate of drug-likeness (QED) is 0.507. The number of hydrogen-bond donors (Lipinski definition) is 0. The Labute approximate surface area is 162 Å². The highest BCUT2D eigenvalue weighted by Crippen LogP contribution is 2.23. The van der Waals surface area contributed by atoms with Gasteiger partial charge in [-0.15, -0.1) is 0 Å². The van der Waals surface area contributed by atoms with Crippen molar-refractivity contribution in [2.24, 2.45) is 0 Å². The lowest BCUT2D eigenvalue weighted by Crippen LogP contribution is -2.42. The molecule has 0 aromatic heterocycles. The van der Waals surface area contributed by atoms with Gasteiger partial charge in [-0.1, -0.05) is 62.4 Å². The molecule has 1 amide bonds. The van der Waals surface area contributed by atoms with Gasteiger partial charge < -0.3 is 9.64 Å². The molecule has 1 aromatic carbocycles. The summed E-state index contributed by atoms with van der Waals surface area (Å²) in [6.07, 6.45) is 8.39. The fourth-order valence-corrected chi connectivity index (χ4v) is 3.70. The minimum absolute atomic E-state index is 0.0189. The Morgan fingerprint density at radius 1 is 0.926 bits per heavy atom. The van der Waals surface area contributed by atoms with Gasteiger partial charge in [-0.05, 0) is 12.8 Å². The predicted molar refractivity (Wildman–Crippen MR) is 104 cm³/mol. The standard InChI is InChI=1S/C22H31NO4/c1-27-22(26)16-17-23(19-12-8-3-2-4-9-13-19)21(25)15-14-20(24)18-10-6-5-7-11-18/h5-7,10-11,19H,2-4,8-9,12-17H2,1H3. The second-order valence-electron chi connectivity index (χ2n) is 7.20. The Morgan fingerprint density at radius 2 is 1.56 bits per heavy atom. The lowest BCUT2D eigenvalue weighted by molar-refractivity contribution is -0.142. The van der Waals surface area contributed by atoms with Gasteiger partial charge in [0.1, 0.15) is 0 Å². The van der Waals surface area contributed by atoms with Gasteiger partial charge in [-0.3, -0.25) is 14.4 Å². The van der Waals surface area contributed by atoms with Gasteiger partial charge in [-0.2, -0.15) is 0 Å². The second kappa shape index (κ2) is 11.5. The number of nitrogens with zero attached hydrogens (tertiary/aromatic N) is 1. The van der Waals surface area contributed by atoms with E-state index in [4.69, 9.17) is 4.74 Å². The van der Waals surface area contributed by atoms with Gasteiger partial charge in [0.25, 0.3) is 0 Å². The Bertz CT molecular complexity index is 606. The molecule has 0 N–H and O–H groups in total. The summed E-state index contributed by atoms with van der Waals surface area (Å²) in [6.45, 7) is 0.371. The smallest absolute Gasteiger partial charge is 0.307 e. The number of benzene rings is 1. The summed E-state index contributed by atoms with van der Waals surface area (Å²) >= 11 is 0. The molecule has 1 aromatic rings. The molecule has 1 fully saturated rings. The van der Waals surface area contributed by atoms with E-state index < -0.39 is 0 Å². The first-order valence-corrected chi connectivity index (χ1v) is 10.1. The lowest BCUT2D eigenvalue weighted by Gasteiger charge is -2.33. The van der Waals surface area contributed by atoms with E-state index in [1.54, 1.807) is 12.1 Å². The fourth-order valence-electron chi connectivity index (χ4n) is 3.70. The van der Waals surface area contributed by atoms with Crippen molar-refractivity contribution < 1.29 is 19.1 Å². The first-order valence-electron chi connectivity index (χ1n) is 10.1. The van der Waals surface area contributed by atoms with Crippen LogP contribution in [-0.4, -0.2) is 42.3 Å². The molecule has 0 unspecified atom stereocenters. The van der Waals surface area contributed by atoms with Gasteiger partial charge in [-0.25, -0.2) is 0 Å². The summed E-state index contributed by atoms with van der Waals surface area (Å²) in [5.41, 5.74) is 0.636. The Morgan fingerprint density at radius 3 is 2.19 bits per heavy atom. The van der Waals surface area contributed by atoms with Gasteiger partial charge in [0.2, 0.25) is 5.91 Å². The molecule has 2 rings (SSSR count). The van der Waals surface area contributed by atoms with Crippen LogP contribution in [0.3, 0.4) is 0 Å². The number of amides is 1. The molecule has 0 spiro atoms. The molecule has 1 aliphatic carbocycles.